The fraction of sp³-hybridized carbons (Fsp3) is 0.333. The molecule has 0 radical (unpaired) electrons. The Morgan fingerprint density at radius 1 is 0.914 bits per heavy atom. The maximum Gasteiger partial charge on any atom is 0.251 e. The first-order chi connectivity index (χ1) is 16.9. The van der Waals surface area contributed by atoms with Crippen molar-refractivity contribution < 1.29 is 9.53 Å². The zero-order valence-corrected chi connectivity index (χ0v) is 21.0. The minimum Gasteiger partial charge on any atom is -0.494 e. The van der Waals surface area contributed by atoms with Crippen molar-refractivity contribution in [2.75, 3.05) is 13.2 Å². The number of para-hydroxylation sites is 2. The van der Waals surface area contributed by atoms with Gasteiger partial charge in [0.1, 0.15) is 11.6 Å². The zero-order chi connectivity index (χ0) is 24.7. The third kappa shape index (κ3) is 6.50. The number of carbonyl (C=O) groups excluding carboxylic acids is 1. The second-order valence-electron chi connectivity index (χ2n) is 9.87. The summed E-state index contributed by atoms with van der Waals surface area (Å²) >= 11 is 0. The number of aryl methyl sites for hydroxylation is 2. The molecule has 3 aromatic carbocycles. The molecule has 0 aliphatic rings. The van der Waals surface area contributed by atoms with E-state index in [1.54, 1.807) is 0 Å². The van der Waals surface area contributed by atoms with Crippen LogP contribution in [-0.2, 0) is 18.4 Å². The summed E-state index contributed by atoms with van der Waals surface area (Å²) in [4.78, 5) is 17.1. The molecular formula is C30H35N3O2. The van der Waals surface area contributed by atoms with Gasteiger partial charge in [-0.3, -0.25) is 4.79 Å². The van der Waals surface area contributed by atoms with Crippen molar-refractivity contribution in [1.82, 2.24) is 14.9 Å². The van der Waals surface area contributed by atoms with Crippen molar-refractivity contribution in [2.45, 2.75) is 52.0 Å². The lowest BCUT2D eigenvalue weighted by Gasteiger charge is -2.19. The summed E-state index contributed by atoms with van der Waals surface area (Å²) in [6.45, 7) is 8.75. The molecule has 35 heavy (non-hydrogen) atoms. The number of benzene rings is 3. The third-order valence-corrected chi connectivity index (χ3v) is 6.15. The summed E-state index contributed by atoms with van der Waals surface area (Å²) in [5.41, 5.74) is 4.29. The standard InChI is InChI=1S/C30H35N3O2/c1-30(2,3)24-16-18-25(19-17-24)35-22-10-21-33-27-14-8-7-13-26(27)32-28(33)15-9-20-31-29(34)23-11-5-4-6-12-23/h4-8,11-14,16-19H,9-10,15,20-22H2,1-3H3,(H,31,34). The number of hydrogen-bond acceptors (Lipinski definition) is 3. The van der Waals surface area contributed by atoms with Crippen LogP contribution in [-0.4, -0.2) is 28.6 Å². The predicted molar refractivity (Wildman–Crippen MR) is 142 cm³/mol. The molecule has 1 aromatic heterocycles. The lowest BCUT2D eigenvalue weighted by atomic mass is 9.87. The summed E-state index contributed by atoms with van der Waals surface area (Å²) in [6.07, 6.45) is 2.52. The number of aromatic nitrogens is 2. The van der Waals surface area contributed by atoms with E-state index >= 15 is 0 Å². The molecular weight excluding hydrogens is 434 g/mol. The molecule has 0 bridgehead atoms. The zero-order valence-electron chi connectivity index (χ0n) is 21.0. The lowest BCUT2D eigenvalue weighted by Crippen LogP contribution is -2.24. The van der Waals surface area contributed by atoms with Crippen LogP contribution < -0.4 is 10.1 Å². The Morgan fingerprint density at radius 2 is 1.63 bits per heavy atom. The molecule has 0 saturated carbocycles. The Balaban J connectivity index is 1.31. The fourth-order valence-electron chi connectivity index (χ4n) is 4.17. The highest BCUT2D eigenvalue weighted by Gasteiger charge is 2.13. The minimum atomic E-state index is -0.0354. The first-order valence-electron chi connectivity index (χ1n) is 12.4. The minimum absolute atomic E-state index is 0.0354. The van der Waals surface area contributed by atoms with Gasteiger partial charge in [-0.15, -0.1) is 0 Å². The van der Waals surface area contributed by atoms with Crippen molar-refractivity contribution in [1.29, 1.82) is 0 Å². The van der Waals surface area contributed by atoms with Crippen LogP contribution in [0.3, 0.4) is 0 Å². The number of nitrogens with one attached hydrogen (secondary N) is 1. The van der Waals surface area contributed by atoms with Crippen molar-refractivity contribution in [2.24, 2.45) is 0 Å². The molecule has 0 unspecified atom stereocenters. The van der Waals surface area contributed by atoms with Gasteiger partial charge in [0.25, 0.3) is 5.91 Å². The first kappa shape index (κ1) is 24.5. The molecule has 4 aromatic rings. The number of nitrogens with zero attached hydrogens (tertiary/aromatic N) is 2. The smallest absolute Gasteiger partial charge is 0.251 e. The Morgan fingerprint density at radius 3 is 2.37 bits per heavy atom. The van der Waals surface area contributed by atoms with Crippen molar-refractivity contribution in [3.63, 3.8) is 0 Å². The first-order valence-corrected chi connectivity index (χ1v) is 12.4. The van der Waals surface area contributed by atoms with Crippen LogP contribution in [0.5, 0.6) is 5.75 Å². The van der Waals surface area contributed by atoms with Crippen LogP contribution in [0, 0.1) is 0 Å². The topological polar surface area (TPSA) is 56.1 Å². The van der Waals surface area contributed by atoms with Crippen molar-refractivity contribution >= 4 is 16.9 Å². The SMILES string of the molecule is CC(C)(C)c1ccc(OCCCn2c(CCCNC(=O)c3ccccc3)nc3ccccc32)cc1. The number of fused-ring (bicyclic) bond motifs is 1. The maximum absolute atomic E-state index is 12.3. The second kappa shape index (κ2) is 11.2. The number of imidazole rings is 1. The van der Waals surface area contributed by atoms with Gasteiger partial charge in [-0.25, -0.2) is 4.98 Å². The highest BCUT2D eigenvalue weighted by Crippen LogP contribution is 2.24. The van der Waals surface area contributed by atoms with Gasteiger partial charge in [0, 0.05) is 25.1 Å². The van der Waals surface area contributed by atoms with Crippen LogP contribution in [0.25, 0.3) is 11.0 Å². The average molecular weight is 470 g/mol. The van der Waals surface area contributed by atoms with E-state index in [0.29, 0.717) is 18.7 Å². The average Bonchev–Trinajstić information content (AvgIpc) is 3.22. The molecule has 1 amide bonds. The van der Waals surface area contributed by atoms with Crippen LogP contribution >= 0.6 is 0 Å². The summed E-state index contributed by atoms with van der Waals surface area (Å²) in [5, 5.41) is 3.01. The number of hydrogen-bond donors (Lipinski definition) is 1. The molecule has 1 heterocycles. The largest absolute Gasteiger partial charge is 0.494 e. The molecule has 1 N–H and O–H groups in total. The molecule has 182 valence electrons. The normalized spacial score (nSPS) is 11.5. The number of rotatable bonds is 10. The summed E-state index contributed by atoms with van der Waals surface area (Å²) in [6, 6.07) is 26.0. The second-order valence-corrected chi connectivity index (χ2v) is 9.87. The van der Waals surface area contributed by atoms with Gasteiger partial charge in [0.15, 0.2) is 0 Å². The molecule has 0 fully saturated rings. The number of amides is 1. The van der Waals surface area contributed by atoms with E-state index in [4.69, 9.17) is 9.72 Å². The van der Waals surface area contributed by atoms with Crippen LogP contribution in [0.2, 0.25) is 0 Å². The van der Waals surface area contributed by atoms with Crippen molar-refractivity contribution in [3.8, 4) is 5.75 Å². The van der Waals surface area contributed by atoms with Gasteiger partial charge in [0.05, 0.1) is 17.6 Å². The van der Waals surface area contributed by atoms with Gasteiger partial charge in [-0.1, -0.05) is 63.2 Å². The van der Waals surface area contributed by atoms with E-state index in [1.807, 2.05) is 36.4 Å². The molecule has 0 atom stereocenters. The van der Waals surface area contributed by atoms with Crippen LogP contribution in [0.4, 0.5) is 0 Å². The van der Waals surface area contributed by atoms with E-state index in [0.717, 1.165) is 48.4 Å². The van der Waals surface area contributed by atoms with Crippen LogP contribution in [0.15, 0.2) is 78.9 Å². The summed E-state index contributed by atoms with van der Waals surface area (Å²) in [7, 11) is 0. The molecule has 0 saturated heterocycles. The van der Waals surface area contributed by atoms with E-state index in [-0.39, 0.29) is 11.3 Å². The predicted octanol–water partition coefficient (Wildman–Crippen LogP) is 6.17. The fourth-order valence-corrected chi connectivity index (χ4v) is 4.17. The lowest BCUT2D eigenvalue weighted by molar-refractivity contribution is 0.0953. The van der Waals surface area contributed by atoms with Gasteiger partial charge in [-0.05, 0) is 60.2 Å². The highest BCUT2D eigenvalue weighted by molar-refractivity contribution is 5.94. The number of carbonyl (C=O) groups is 1. The molecule has 5 nitrogen and oxygen atoms in total. The van der Waals surface area contributed by atoms with E-state index in [9.17, 15) is 4.79 Å². The monoisotopic (exact) mass is 469 g/mol. The van der Waals surface area contributed by atoms with Gasteiger partial charge in [0.2, 0.25) is 0 Å². The Kier molecular flexibility index (Phi) is 7.86. The maximum atomic E-state index is 12.3. The Hall–Kier alpha value is -3.60. The van der Waals surface area contributed by atoms with Crippen LogP contribution in [0.1, 0.15) is 55.4 Å². The third-order valence-electron chi connectivity index (χ3n) is 6.15. The van der Waals surface area contributed by atoms with Gasteiger partial charge < -0.3 is 14.6 Å². The Labute approximate surface area is 208 Å². The van der Waals surface area contributed by atoms with E-state index < -0.39 is 0 Å². The molecule has 4 rings (SSSR count). The summed E-state index contributed by atoms with van der Waals surface area (Å²) < 4.78 is 8.30. The number of ether oxygens (including phenoxy) is 1. The van der Waals surface area contributed by atoms with E-state index in [1.165, 1.54) is 5.56 Å². The van der Waals surface area contributed by atoms with Crippen molar-refractivity contribution in [3.05, 3.63) is 95.8 Å². The molecule has 5 heteroatoms. The highest BCUT2D eigenvalue weighted by atomic mass is 16.5. The molecule has 0 spiro atoms. The molecule has 0 aliphatic carbocycles. The quantitative estimate of drug-likeness (QED) is 0.283. The summed E-state index contributed by atoms with van der Waals surface area (Å²) in [5.74, 6) is 1.92. The van der Waals surface area contributed by atoms with Gasteiger partial charge >= 0.3 is 0 Å². The Bertz CT molecular complexity index is 1240. The van der Waals surface area contributed by atoms with E-state index in [2.05, 4.69) is 73.1 Å². The van der Waals surface area contributed by atoms with Gasteiger partial charge in [-0.2, -0.15) is 0 Å². The molecule has 0 aliphatic heterocycles.